The van der Waals surface area contributed by atoms with Crippen LogP contribution in [0.3, 0.4) is 0 Å². The first-order valence-corrected chi connectivity index (χ1v) is 8.71. The Bertz CT molecular complexity index is 653. The highest BCUT2D eigenvalue weighted by molar-refractivity contribution is 7.98. The number of aromatic nitrogens is 1. The highest BCUT2D eigenvalue weighted by atomic mass is 32.2. The summed E-state index contributed by atoms with van der Waals surface area (Å²) in [5.74, 6) is 3.02. The van der Waals surface area contributed by atoms with Crippen LogP contribution < -0.4 is 4.90 Å². The van der Waals surface area contributed by atoms with E-state index in [-0.39, 0.29) is 0 Å². The van der Waals surface area contributed by atoms with Crippen molar-refractivity contribution in [2.45, 2.75) is 31.3 Å². The van der Waals surface area contributed by atoms with Gasteiger partial charge in [-0.1, -0.05) is 25.1 Å². The van der Waals surface area contributed by atoms with Crippen LogP contribution in [0.1, 0.15) is 31.0 Å². The first kappa shape index (κ1) is 12.5. The molecule has 0 bridgehead atoms. The second kappa shape index (κ2) is 4.96. The van der Waals surface area contributed by atoms with Gasteiger partial charge >= 0.3 is 0 Å². The van der Waals surface area contributed by atoms with Gasteiger partial charge in [0, 0.05) is 35.5 Å². The van der Waals surface area contributed by atoms with Crippen LogP contribution >= 0.6 is 11.8 Å². The molecule has 3 heterocycles. The van der Waals surface area contributed by atoms with E-state index in [0.717, 1.165) is 17.4 Å². The molecule has 1 saturated heterocycles. The van der Waals surface area contributed by atoms with Crippen molar-refractivity contribution < 1.29 is 0 Å². The summed E-state index contributed by atoms with van der Waals surface area (Å²) in [6.07, 6.45) is 2.69. The van der Waals surface area contributed by atoms with Gasteiger partial charge in [0.25, 0.3) is 0 Å². The summed E-state index contributed by atoms with van der Waals surface area (Å²) in [7, 11) is 0. The van der Waals surface area contributed by atoms with Crippen molar-refractivity contribution in [1.82, 2.24) is 4.98 Å². The van der Waals surface area contributed by atoms with Crippen molar-refractivity contribution in [2.24, 2.45) is 5.92 Å². The van der Waals surface area contributed by atoms with Gasteiger partial charge in [-0.25, -0.2) is 0 Å². The van der Waals surface area contributed by atoms with Crippen molar-refractivity contribution in [3.8, 4) is 0 Å². The van der Waals surface area contributed by atoms with Crippen LogP contribution in [0.2, 0.25) is 0 Å². The Balaban J connectivity index is 1.92. The van der Waals surface area contributed by atoms with Gasteiger partial charge in [0.05, 0.1) is 16.9 Å². The Morgan fingerprint density at radius 3 is 3.05 bits per heavy atom. The minimum Gasteiger partial charge on any atom is -0.370 e. The lowest BCUT2D eigenvalue weighted by atomic mass is 9.97. The van der Waals surface area contributed by atoms with Crippen LogP contribution in [0.5, 0.6) is 0 Å². The maximum atomic E-state index is 4.88. The Morgan fingerprint density at radius 1 is 1.25 bits per heavy atom. The Labute approximate surface area is 124 Å². The molecule has 104 valence electrons. The number of para-hydroxylation sites is 1. The van der Waals surface area contributed by atoms with E-state index in [0.29, 0.717) is 0 Å². The second-order valence-corrected chi connectivity index (χ2v) is 7.07. The summed E-state index contributed by atoms with van der Waals surface area (Å²) in [6, 6.07) is 8.66. The fraction of sp³-hybridized carbons (Fsp3) is 0.471. The first-order chi connectivity index (χ1) is 9.83. The zero-order valence-electron chi connectivity index (χ0n) is 11.9. The van der Waals surface area contributed by atoms with Crippen LogP contribution in [0, 0.1) is 5.92 Å². The smallest absolute Gasteiger partial charge is 0.0726 e. The monoisotopic (exact) mass is 284 g/mol. The van der Waals surface area contributed by atoms with Gasteiger partial charge in [0.15, 0.2) is 0 Å². The predicted octanol–water partition coefficient (Wildman–Crippen LogP) is 4.22. The summed E-state index contributed by atoms with van der Waals surface area (Å²) in [5, 5.41) is 1.35. The number of rotatable bonds is 1. The lowest BCUT2D eigenvalue weighted by Crippen LogP contribution is -2.35. The van der Waals surface area contributed by atoms with Crippen LogP contribution in [0.25, 0.3) is 10.9 Å². The molecule has 0 aliphatic carbocycles. The molecule has 4 rings (SSSR count). The number of fused-ring (bicyclic) bond motifs is 2. The van der Waals surface area contributed by atoms with Crippen LogP contribution in [-0.4, -0.2) is 18.1 Å². The number of hydrogen-bond acceptors (Lipinski definition) is 3. The minimum atomic E-state index is 0.806. The second-order valence-electron chi connectivity index (χ2n) is 6.09. The maximum Gasteiger partial charge on any atom is 0.0726 e. The molecule has 0 radical (unpaired) electrons. The van der Waals surface area contributed by atoms with Crippen molar-refractivity contribution in [2.75, 3.05) is 18.0 Å². The zero-order valence-corrected chi connectivity index (χ0v) is 12.7. The Hall–Kier alpha value is -1.22. The van der Waals surface area contributed by atoms with Crippen LogP contribution in [0.4, 0.5) is 5.69 Å². The van der Waals surface area contributed by atoms with Crippen LogP contribution in [-0.2, 0) is 11.5 Å². The Kier molecular flexibility index (Phi) is 3.10. The van der Waals surface area contributed by atoms with Crippen LogP contribution in [0.15, 0.2) is 24.3 Å². The predicted molar refractivity (Wildman–Crippen MR) is 87.4 cm³/mol. The van der Waals surface area contributed by atoms with E-state index in [1.165, 1.54) is 53.8 Å². The third kappa shape index (κ3) is 1.99. The van der Waals surface area contributed by atoms with Gasteiger partial charge in [-0.05, 0) is 24.8 Å². The van der Waals surface area contributed by atoms with Gasteiger partial charge in [-0.2, -0.15) is 11.8 Å². The molecule has 0 saturated carbocycles. The van der Waals surface area contributed by atoms with E-state index in [1.807, 2.05) is 11.8 Å². The van der Waals surface area contributed by atoms with Crippen molar-refractivity contribution >= 4 is 28.4 Å². The van der Waals surface area contributed by atoms with Gasteiger partial charge in [0.1, 0.15) is 0 Å². The average Bonchev–Trinajstić information content (AvgIpc) is 2.92. The highest BCUT2D eigenvalue weighted by Crippen LogP contribution is 2.41. The number of thioether (sulfide) groups is 1. The molecule has 1 atom stereocenters. The molecule has 0 spiro atoms. The van der Waals surface area contributed by atoms with Gasteiger partial charge in [0.2, 0.25) is 0 Å². The molecule has 0 N–H and O–H groups in total. The van der Waals surface area contributed by atoms with E-state index in [2.05, 4.69) is 36.1 Å². The summed E-state index contributed by atoms with van der Waals surface area (Å²) in [5.41, 5.74) is 5.48. The summed E-state index contributed by atoms with van der Waals surface area (Å²) < 4.78 is 0. The molecule has 3 heteroatoms. The summed E-state index contributed by atoms with van der Waals surface area (Å²) >= 11 is 2.00. The standard InChI is InChI=1S/C17H20N2S/c1-12-5-4-8-19(9-12)17-13-6-2-3-7-15(13)18-16-11-20-10-14(16)17/h2-3,6-7,12H,4-5,8-11H2,1H3. The zero-order chi connectivity index (χ0) is 13.5. The third-order valence-electron chi connectivity index (χ3n) is 4.51. The van der Waals surface area contributed by atoms with E-state index in [4.69, 9.17) is 4.98 Å². The summed E-state index contributed by atoms with van der Waals surface area (Å²) in [4.78, 5) is 7.51. The van der Waals surface area contributed by atoms with E-state index < -0.39 is 0 Å². The van der Waals surface area contributed by atoms with Gasteiger partial charge in [-0.15, -0.1) is 0 Å². The number of benzene rings is 1. The number of nitrogens with zero attached hydrogens (tertiary/aromatic N) is 2. The number of anilines is 1. The molecule has 0 amide bonds. The van der Waals surface area contributed by atoms with E-state index in [1.54, 1.807) is 0 Å². The molecule has 1 unspecified atom stereocenters. The average molecular weight is 284 g/mol. The largest absolute Gasteiger partial charge is 0.370 e. The molecule has 2 nitrogen and oxygen atoms in total. The topological polar surface area (TPSA) is 16.1 Å². The SMILES string of the molecule is CC1CCCN(c2c3c(nc4ccccc24)CSC3)C1. The quantitative estimate of drug-likeness (QED) is 0.780. The Morgan fingerprint density at radius 2 is 2.15 bits per heavy atom. The molecule has 20 heavy (non-hydrogen) atoms. The number of hydrogen-bond donors (Lipinski definition) is 0. The summed E-state index contributed by atoms with van der Waals surface area (Å²) in [6.45, 7) is 4.78. The molecule has 2 aromatic rings. The fourth-order valence-electron chi connectivity index (χ4n) is 3.56. The number of pyridine rings is 1. The van der Waals surface area contributed by atoms with E-state index in [9.17, 15) is 0 Å². The van der Waals surface area contributed by atoms with Crippen molar-refractivity contribution in [1.29, 1.82) is 0 Å². The highest BCUT2D eigenvalue weighted by Gasteiger charge is 2.25. The lowest BCUT2D eigenvalue weighted by Gasteiger charge is -2.34. The minimum absolute atomic E-state index is 0.806. The molecular weight excluding hydrogens is 264 g/mol. The van der Waals surface area contributed by atoms with Gasteiger partial charge in [-0.3, -0.25) is 4.98 Å². The molecule has 2 aliphatic heterocycles. The maximum absolute atomic E-state index is 4.88. The van der Waals surface area contributed by atoms with Gasteiger partial charge < -0.3 is 4.90 Å². The van der Waals surface area contributed by atoms with Crippen molar-refractivity contribution in [3.05, 3.63) is 35.5 Å². The van der Waals surface area contributed by atoms with Crippen molar-refractivity contribution in [3.63, 3.8) is 0 Å². The normalized spacial score (nSPS) is 22.2. The lowest BCUT2D eigenvalue weighted by molar-refractivity contribution is 0.447. The fourth-order valence-corrected chi connectivity index (χ4v) is 4.60. The first-order valence-electron chi connectivity index (χ1n) is 7.56. The molecule has 1 aromatic carbocycles. The molecular formula is C17H20N2S. The number of piperidine rings is 1. The van der Waals surface area contributed by atoms with E-state index >= 15 is 0 Å². The molecule has 2 aliphatic rings. The molecule has 1 fully saturated rings. The third-order valence-corrected chi connectivity index (χ3v) is 5.48. The molecule has 1 aromatic heterocycles.